The van der Waals surface area contributed by atoms with Crippen LogP contribution >= 0.6 is 0 Å². The van der Waals surface area contributed by atoms with Crippen molar-refractivity contribution in [3.8, 4) is 0 Å². The van der Waals surface area contributed by atoms with Crippen LogP contribution in [0.1, 0.15) is 37.3 Å². The number of benzene rings is 1. The number of pyridine rings is 1. The molecule has 0 spiro atoms. The first-order valence-electron chi connectivity index (χ1n) is 11.3. The summed E-state index contributed by atoms with van der Waals surface area (Å²) in [5.74, 6) is 0.507. The molecule has 1 aromatic carbocycles. The van der Waals surface area contributed by atoms with Gasteiger partial charge in [0.2, 0.25) is 5.91 Å². The second-order valence-electron chi connectivity index (χ2n) is 9.49. The van der Waals surface area contributed by atoms with Crippen molar-refractivity contribution in [3.63, 3.8) is 0 Å². The van der Waals surface area contributed by atoms with Gasteiger partial charge in [-0.05, 0) is 36.3 Å². The van der Waals surface area contributed by atoms with Crippen molar-refractivity contribution in [2.45, 2.75) is 45.7 Å². The van der Waals surface area contributed by atoms with Gasteiger partial charge in [0.25, 0.3) is 5.56 Å². The second-order valence-corrected chi connectivity index (χ2v) is 9.49. The molecule has 3 aliphatic rings. The Labute approximate surface area is 177 Å². The molecule has 1 aromatic heterocycles. The Hall–Kier alpha value is -2.18. The van der Waals surface area contributed by atoms with Crippen LogP contribution in [0.15, 0.2) is 29.1 Å². The molecular weight excluding hydrogens is 378 g/mol. The third-order valence-corrected chi connectivity index (χ3v) is 7.48. The number of carbonyl (C=O) groups is 1. The summed E-state index contributed by atoms with van der Waals surface area (Å²) in [6, 6.07) is 8.20. The number of hydrogen-bond acceptors (Lipinski definition) is 4. The first-order valence-corrected chi connectivity index (χ1v) is 11.3. The van der Waals surface area contributed by atoms with E-state index in [1.165, 1.54) is 10.9 Å². The SMILES string of the molecule is CCCC(=O)N1C[C@@H]2CN(Cc3cc(=O)n4c5c(cccc35)CCC4)C[C@]2(CO)C1. The molecule has 30 heavy (non-hydrogen) atoms. The first kappa shape index (κ1) is 19.8. The maximum atomic E-state index is 12.8. The lowest BCUT2D eigenvalue weighted by molar-refractivity contribution is -0.130. The molecule has 160 valence electrons. The number of nitrogens with zero attached hydrogens (tertiary/aromatic N) is 3. The van der Waals surface area contributed by atoms with Gasteiger partial charge in [-0.15, -0.1) is 0 Å². The maximum absolute atomic E-state index is 12.8. The van der Waals surface area contributed by atoms with Crippen LogP contribution in [0.3, 0.4) is 0 Å². The maximum Gasteiger partial charge on any atom is 0.251 e. The van der Waals surface area contributed by atoms with Crippen molar-refractivity contribution < 1.29 is 9.90 Å². The van der Waals surface area contributed by atoms with E-state index in [4.69, 9.17) is 0 Å². The minimum Gasteiger partial charge on any atom is -0.396 e. The fraction of sp³-hybridized carbons (Fsp3) is 0.583. The van der Waals surface area contributed by atoms with E-state index in [1.807, 2.05) is 22.5 Å². The lowest BCUT2D eigenvalue weighted by Crippen LogP contribution is -2.38. The van der Waals surface area contributed by atoms with Gasteiger partial charge in [0.05, 0.1) is 12.1 Å². The van der Waals surface area contributed by atoms with Gasteiger partial charge in [0, 0.05) is 62.6 Å². The summed E-state index contributed by atoms with van der Waals surface area (Å²) in [5.41, 5.74) is 3.33. The minimum absolute atomic E-state index is 0.0947. The van der Waals surface area contributed by atoms with Gasteiger partial charge in [-0.25, -0.2) is 0 Å². The van der Waals surface area contributed by atoms with E-state index in [9.17, 15) is 14.7 Å². The predicted molar refractivity (Wildman–Crippen MR) is 116 cm³/mol. The number of para-hydroxylation sites is 1. The molecule has 0 saturated carbocycles. The van der Waals surface area contributed by atoms with E-state index in [-0.39, 0.29) is 23.5 Å². The Morgan fingerprint density at radius 1 is 1.27 bits per heavy atom. The van der Waals surface area contributed by atoms with Crippen LogP contribution in [0, 0.1) is 11.3 Å². The van der Waals surface area contributed by atoms with Crippen molar-refractivity contribution in [2.24, 2.45) is 11.3 Å². The van der Waals surface area contributed by atoms with Crippen LogP contribution in [0.2, 0.25) is 0 Å². The number of aromatic nitrogens is 1. The van der Waals surface area contributed by atoms with E-state index in [0.717, 1.165) is 63.1 Å². The smallest absolute Gasteiger partial charge is 0.251 e. The molecule has 2 aromatic rings. The van der Waals surface area contributed by atoms with Crippen LogP contribution in [0.5, 0.6) is 0 Å². The number of aliphatic hydroxyl groups excluding tert-OH is 1. The number of likely N-dealkylation sites (tertiary alicyclic amines) is 2. The normalized spacial score (nSPS) is 25.8. The third kappa shape index (κ3) is 3.08. The molecule has 1 N–H and O–H groups in total. The van der Waals surface area contributed by atoms with Gasteiger partial charge in [0.1, 0.15) is 0 Å². The van der Waals surface area contributed by atoms with Crippen molar-refractivity contribution in [3.05, 3.63) is 45.7 Å². The van der Waals surface area contributed by atoms with E-state index < -0.39 is 0 Å². The molecule has 6 nitrogen and oxygen atoms in total. The Balaban J connectivity index is 1.40. The Morgan fingerprint density at radius 3 is 2.90 bits per heavy atom. The fourth-order valence-corrected chi connectivity index (χ4v) is 6.00. The summed E-state index contributed by atoms with van der Waals surface area (Å²) < 4.78 is 1.93. The number of aryl methyl sites for hydroxylation is 2. The molecule has 0 bridgehead atoms. The minimum atomic E-state index is -0.231. The van der Waals surface area contributed by atoms with Crippen molar-refractivity contribution in [1.29, 1.82) is 0 Å². The molecule has 2 atom stereocenters. The van der Waals surface area contributed by atoms with Crippen molar-refractivity contribution in [2.75, 3.05) is 32.8 Å². The summed E-state index contributed by atoms with van der Waals surface area (Å²) in [4.78, 5) is 29.5. The first-order chi connectivity index (χ1) is 14.5. The molecule has 5 rings (SSSR count). The predicted octanol–water partition coefficient (Wildman–Crippen LogP) is 2.00. The molecule has 3 aliphatic heterocycles. The quantitative estimate of drug-likeness (QED) is 0.820. The van der Waals surface area contributed by atoms with Crippen LogP contribution in [-0.4, -0.2) is 58.2 Å². The zero-order chi connectivity index (χ0) is 20.9. The molecule has 1 amide bonds. The van der Waals surface area contributed by atoms with Gasteiger partial charge in [-0.1, -0.05) is 25.1 Å². The number of fused-ring (bicyclic) bond motifs is 1. The Bertz CT molecular complexity index is 1050. The van der Waals surface area contributed by atoms with Crippen molar-refractivity contribution in [1.82, 2.24) is 14.4 Å². The molecule has 2 fully saturated rings. The molecule has 6 heteroatoms. The highest BCUT2D eigenvalue weighted by molar-refractivity contribution is 5.86. The molecule has 2 saturated heterocycles. The standard InChI is InChI=1S/C24H31N3O3/c1-2-5-21(29)26-13-19-12-25(14-24(19,15-26)16-28)11-18-10-22(30)27-9-4-7-17-6-3-8-20(18)23(17)27/h3,6,8,10,19,28H,2,4-5,7,9,11-16H2,1H3/t19-,24+/m0/s1. The summed E-state index contributed by atoms with van der Waals surface area (Å²) in [6.07, 6.45) is 3.49. The highest BCUT2D eigenvalue weighted by Crippen LogP contribution is 2.43. The fourth-order valence-electron chi connectivity index (χ4n) is 6.00. The van der Waals surface area contributed by atoms with Crippen LogP contribution in [-0.2, 0) is 24.3 Å². The van der Waals surface area contributed by atoms with Gasteiger partial charge in [-0.2, -0.15) is 0 Å². The number of aliphatic hydroxyl groups is 1. The van der Waals surface area contributed by atoms with E-state index >= 15 is 0 Å². The van der Waals surface area contributed by atoms with Crippen molar-refractivity contribution >= 4 is 16.8 Å². The van der Waals surface area contributed by atoms with Gasteiger partial charge in [-0.3, -0.25) is 14.5 Å². The molecule has 4 heterocycles. The molecular formula is C24H31N3O3. The Kier molecular flexibility index (Phi) is 4.94. The summed E-state index contributed by atoms with van der Waals surface area (Å²) >= 11 is 0. The zero-order valence-corrected chi connectivity index (χ0v) is 17.8. The monoisotopic (exact) mass is 409 g/mol. The second kappa shape index (κ2) is 7.50. The largest absolute Gasteiger partial charge is 0.396 e. The lowest BCUT2D eigenvalue weighted by Gasteiger charge is -2.28. The van der Waals surface area contributed by atoms with Crippen LogP contribution < -0.4 is 5.56 Å². The van der Waals surface area contributed by atoms with E-state index in [2.05, 4.69) is 23.1 Å². The average molecular weight is 410 g/mol. The molecule has 0 aliphatic carbocycles. The van der Waals surface area contributed by atoms with Gasteiger partial charge < -0.3 is 14.6 Å². The zero-order valence-electron chi connectivity index (χ0n) is 17.8. The van der Waals surface area contributed by atoms with Crippen LogP contribution in [0.4, 0.5) is 0 Å². The highest BCUT2D eigenvalue weighted by Gasteiger charge is 2.52. The number of amides is 1. The molecule has 0 unspecified atom stereocenters. The topological polar surface area (TPSA) is 65.8 Å². The van der Waals surface area contributed by atoms with E-state index in [0.29, 0.717) is 18.9 Å². The summed E-state index contributed by atoms with van der Waals surface area (Å²) in [6.45, 7) is 6.68. The Morgan fingerprint density at radius 2 is 2.13 bits per heavy atom. The number of carbonyl (C=O) groups excluding carboxylic acids is 1. The summed E-state index contributed by atoms with van der Waals surface area (Å²) in [7, 11) is 0. The number of hydrogen-bond donors (Lipinski definition) is 1. The van der Waals surface area contributed by atoms with E-state index in [1.54, 1.807) is 0 Å². The lowest BCUT2D eigenvalue weighted by atomic mass is 9.82. The summed E-state index contributed by atoms with van der Waals surface area (Å²) in [5, 5.41) is 11.4. The van der Waals surface area contributed by atoms with Gasteiger partial charge in [0.15, 0.2) is 0 Å². The van der Waals surface area contributed by atoms with Gasteiger partial charge >= 0.3 is 0 Å². The molecule has 0 radical (unpaired) electrons. The van der Waals surface area contributed by atoms with Crippen LogP contribution in [0.25, 0.3) is 10.9 Å². The number of rotatable bonds is 5. The third-order valence-electron chi connectivity index (χ3n) is 7.48. The highest BCUT2D eigenvalue weighted by atomic mass is 16.3. The average Bonchev–Trinajstić information content (AvgIpc) is 3.26.